The maximum atomic E-state index is 10.2. The largest absolute Gasteiger partial charge is 0.393 e. The second-order valence-corrected chi connectivity index (χ2v) is 10.5. The van der Waals surface area contributed by atoms with Gasteiger partial charge in [-0.2, -0.15) is 0 Å². The van der Waals surface area contributed by atoms with E-state index in [1.165, 1.54) is 44.9 Å². The van der Waals surface area contributed by atoms with Crippen molar-refractivity contribution in [2.24, 2.45) is 28.6 Å². The van der Waals surface area contributed by atoms with Crippen LogP contribution in [0.4, 0.5) is 0 Å². The maximum Gasteiger partial charge on any atom is 0.158 e. The van der Waals surface area contributed by atoms with Crippen molar-refractivity contribution in [1.82, 2.24) is 0 Å². The number of hydrogen-bond acceptors (Lipinski definition) is 3. The van der Waals surface area contributed by atoms with Crippen LogP contribution in [0.15, 0.2) is 11.6 Å². The smallest absolute Gasteiger partial charge is 0.158 e. The average Bonchev–Trinajstić information content (AvgIpc) is 3.18. The molecular weight excluding hydrogens is 324 g/mol. The van der Waals surface area contributed by atoms with Crippen LogP contribution < -0.4 is 0 Å². The molecule has 4 aliphatic carbocycles. The average molecular weight is 361 g/mol. The molecule has 0 amide bonds. The van der Waals surface area contributed by atoms with Gasteiger partial charge in [0.05, 0.1) is 11.7 Å². The molecular formula is C23H36O3. The number of aliphatic hydroxyl groups excluding tert-OH is 1. The van der Waals surface area contributed by atoms with Gasteiger partial charge in [-0.1, -0.05) is 25.5 Å². The molecule has 0 bridgehead atoms. The van der Waals surface area contributed by atoms with Crippen LogP contribution in [0.5, 0.6) is 0 Å². The van der Waals surface area contributed by atoms with Crippen molar-refractivity contribution >= 4 is 0 Å². The van der Waals surface area contributed by atoms with E-state index in [1.807, 2.05) is 0 Å². The normalized spacial score (nSPS) is 56.0. The molecule has 8 atom stereocenters. The molecule has 1 saturated heterocycles. The lowest BCUT2D eigenvalue weighted by Crippen LogP contribution is -2.54. The van der Waals surface area contributed by atoms with E-state index < -0.39 is 0 Å². The highest BCUT2D eigenvalue weighted by atomic mass is 16.7. The molecule has 5 rings (SSSR count). The minimum absolute atomic E-state index is 0.0125. The van der Waals surface area contributed by atoms with E-state index in [0.717, 1.165) is 37.0 Å². The van der Waals surface area contributed by atoms with E-state index >= 15 is 0 Å². The summed E-state index contributed by atoms with van der Waals surface area (Å²) < 4.78 is 12.2. The van der Waals surface area contributed by atoms with Crippen LogP contribution in [0.2, 0.25) is 0 Å². The van der Waals surface area contributed by atoms with Gasteiger partial charge >= 0.3 is 0 Å². The molecule has 3 heteroatoms. The Bertz CT molecular complexity index is 615. The summed E-state index contributed by atoms with van der Waals surface area (Å²) in [6.07, 6.45) is 14.2. The number of aliphatic hydroxyl groups is 1. The molecule has 4 fully saturated rings. The Balaban J connectivity index is 1.45. The highest BCUT2D eigenvalue weighted by Crippen LogP contribution is 2.69. The lowest BCUT2D eigenvalue weighted by atomic mass is 9.47. The molecule has 0 aromatic heterocycles. The van der Waals surface area contributed by atoms with Gasteiger partial charge in [0.15, 0.2) is 6.29 Å². The topological polar surface area (TPSA) is 38.7 Å². The molecule has 3 saturated carbocycles. The molecule has 1 heterocycles. The molecule has 26 heavy (non-hydrogen) atoms. The zero-order valence-electron chi connectivity index (χ0n) is 16.8. The monoisotopic (exact) mass is 360 g/mol. The number of ether oxygens (including phenoxy) is 2. The highest BCUT2D eigenvalue weighted by Gasteiger charge is 2.66. The fourth-order valence-electron chi connectivity index (χ4n) is 8.22. The lowest BCUT2D eigenvalue weighted by molar-refractivity contribution is -0.204. The Kier molecular flexibility index (Phi) is 3.96. The van der Waals surface area contributed by atoms with Crippen molar-refractivity contribution in [2.45, 2.75) is 96.1 Å². The van der Waals surface area contributed by atoms with Gasteiger partial charge in [0, 0.05) is 13.5 Å². The van der Waals surface area contributed by atoms with Crippen LogP contribution in [-0.2, 0) is 9.47 Å². The van der Waals surface area contributed by atoms with Crippen molar-refractivity contribution < 1.29 is 14.6 Å². The van der Waals surface area contributed by atoms with Gasteiger partial charge in [0.2, 0.25) is 0 Å². The number of methoxy groups -OCH3 is 1. The first kappa shape index (κ1) is 17.7. The van der Waals surface area contributed by atoms with Crippen molar-refractivity contribution in [3.05, 3.63) is 11.6 Å². The third-order valence-corrected chi connectivity index (χ3v) is 9.77. The molecule has 0 aromatic rings. The van der Waals surface area contributed by atoms with Crippen LogP contribution in [0.25, 0.3) is 0 Å². The molecule has 1 N–H and O–H groups in total. The summed E-state index contributed by atoms with van der Waals surface area (Å²) in [7, 11) is 1.79. The van der Waals surface area contributed by atoms with Crippen molar-refractivity contribution in [3.8, 4) is 0 Å². The van der Waals surface area contributed by atoms with E-state index in [2.05, 4.69) is 19.9 Å². The molecule has 0 radical (unpaired) electrons. The van der Waals surface area contributed by atoms with Gasteiger partial charge in [-0.05, 0) is 86.4 Å². The number of hydrogen-bond donors (Lipinski definition) is 1. The van der Waals surface area contributed by atoms with E-state index in [4.69, 9.17) is 9.47 Å². The molecule has 146 valence electrons. The highest BCUT2D eigenvalue weighted by molar-refractivity contribution is 5.26. The van der Waals surface area contributed by atoms with E-state index in [9.17, 15) is 5.11 Å². The molecule has 0 aromatic carbocycles. The van der Waals surface area contributed by atoms with Crippen LogP contribution in [0.1, 0.15) is 78.1 Å². The van der Waals surface area contributed by atoms with Crippen LogP contribution >= 0.6 is 0 Å². The third-order valence-electron chi connectivity index (χ3n) is 9.77. The Hall–Kier alpha value is -0.380. The molecule has 3 nitrogen and oxygen atoms in total. The minimum Gasteiger partial charge on any atom is -0.393 e. The molecule has 1 aliphatic heterocycles. The summed E-state index contributed by atoms with van der Waals surface area (Å²) >= 11 is 0. The quantitative estimate of drug-likeness (QED) is 0.681. The second kappa shape index (κ2) is 5.81. The molecule has 5 unspecified atom stereocenters. The fraction of sp³-hybridized carbons (Fsp3) is 0.913. The number of rotatable bonds is 1. The standard InChI is InChI=1S/C23H36O3/c1-21-10-6-16(24)14-15(21)4-5-17-18(21)7-11-22(2)19(17)8-12-23(22)13-9-20(25-3)26-23/h4,16-20,24H,5-14H2,1-3H3/t16?,17?,18?,19?,20?,21-,22-,23+/m0/s1. The van der Waals surface area contributed by atoms with E-state index in [0.29, 0.717) is 10.8 Å². The Morgan fingerprint density at radius 1 is 1.04 bits per heavy atom. The first-order valence-electron chi connectivity index (χ1n) is 11.0. The van der Waals surface area contributed by atoms with Crippen molar-refractivity contribution in [1.29, 1.82) is 0 Å². The Morgan fingerprint density at radius 2 is 1.81 bits per heavy atom. The Labute approximate surface area is 158 Å². The van der Waals surface area contributed by atoms with E-state index in [-0.39, 0.29) is 18.0 Å². The number of allylic oxidation sites excluding steroid dienone is 1. The van der Waals surface area contributed by atoms with Gasteiger partial charge in [-0.25, -0.2) is 0 Å². The van der Waals surface area contributed by atoms with Crippen molar-refractivity contribution in [2.75, 3.05) is 7.11 Å². The number of fused-ring (bicyclic) bond motifs is 6. The Morgan fingerprint density at radius 3 is 2.58 bits per heavy atom. The summed E-state index contributed by atoms with van der Waals surface area (Å²) in [5.41, 5.74) is 2.30. The summed E-state index contributed by atoms with van der Waals surface area (Å²) in [5.74, 6) is 2.41. The zero-order chi connectivity index (χ0) is 18.2. The SMILES string of the molecule is COC1CC[C@@]2(CCC3C4CC=C5CC(O)CC[C@]5(C)C4CC[C@@]32C)O1. The summed E-state index contributed by atoms with van der Waals surface area (Å²) in [5, 5.41) is 10.2. The summed E-state index contributed by atoms with van der Waals surface area (Å²) in [6, 6.07) is 0. The predicted octanol–water partition coefficient (Wildman–Crippen LogP) is 4.83. The van der Waals surface area contributed by atoms with Crippen LogP contribution in [0.3, 0.4) is 0 Å². The van der Waals surface area contributed by atoms with Gasteiger partial charge in [-0.3, -0.25) is 0 Å². The van der Waals surface area contributed by atoms with Crippen molar-refractivity contribution in [3.63, 3.8) is 0 Å². The second-order valence-electron chi connectivity index (χ2n) is 10.5. The third kappa shape index (κ3) is 2.17. The first-order valence-corrected chi connectivity index (χ1v) is 11.0. The van der Waals surface area contributed by atoms with Gasteiger partial charge in [0.1, 0.15) is 0 Å². The van der Waals surface area contributed by atoms with Crippen LogP contribution in [-0.4, -0.2) is 30.2 Å². The molecule has 5 aliphatic rings. The predicted molar refractivity (Wildman–Crippen MR) is 102 cm³/mol. The van der Waals surface area contributed by atoms with Gasteiger partial charge in [-0.15, -0.1) is 0 Å². The first-order chi connectivity index (χ1) is 12.4. The molecule has 1 spiro atoms. The van der Waals surface area contributed by atoms with E-state index in [1.54, 1.807) is 12.7 Å². The van der Waals surface area contributed by atoms with Crippen LogP contribution in [0, 0.1) is 28.6 Å². The van der Waals surface area contributed by atoms with Gasteiger partial charge in [0.25, 0.3) is 0 Å². The minimum atomic E-state index is -0.104. The lowest BCUT2D eigenvalue weighted by Gasteiger charge is -2.59. The zero-order valence-corrected chi connectivity index (χ0v) is 16.8. The van der Waals surface area contributed by atoms with Gasteiger partial charge < -0.3 is 14.6 Å². The summed E-state index contributed by atoms with van der Waals surface area (Å²) in [4.78, 5) is 0. The summed E-state index contributed by atoms with van der Waals surface area (Å²) in [6.45, 7) is 5.06. The fourth-order valence-corrected chi connectivity index (χ4v) is 8.22. The maximum absolute atomic E-state index is 10.2.